The van der Waals surface area contributed by atoms with E-state index < -0.39 is 0 Å². The van der Waals surface area contributed by atoms with E-state index in [1.165, 1.54) is 64.7 Å². The molecule has 3 heterocycles. The molecule has 0 aromatic heterocycles. The molecule has 0 saturated carbocycles. The van der Waals surface area contributed by atoms with E-state index in [-0.39, 0.29) is 0 Å². The summed E-state index contributed by atoms with van der Waals surface area (Å²) < 4.78 is 5.52. The summed E-state index contributed by atoms with van der Waals surface area (Å²) in [7, 11) is 0. The first-order chi connectivity index (χ1) is 9.34. The molecular formula is C16H30N2O. The van der Waals surface area contributed by atoms with Gasteiger partial charge in [-0.25, -0.2) is 0 Å². The van der Waals surface area contributed by atoms with Gasteiger partial charge in [0, 0.05) is 31.8 Å². The fraction of sp³-hybridized carbons (Fsp3) is 1.00. The van der Waals surface area contributed by atoms with E-state index in [0.717, 1.165) is 31.2 Å². The molecule has 110 valence electrons. The number of hydrogen-bond acceptors (Lipinski definition) is 3. The zero-order chi connectivity index (χ0) is 13.1. The van der Waals surface area contributed by atoms with E-state index in [9.17, 15) is 0 Å². The van der Waals surface area contributed by atoms with Crippen LogP contribution in [0, 0.1) is 5.92 Å². The Bertz CT molecular complexity index is 278. The van der Waals surface area contributed by atoms with Crippen LogP contribution in [0.5, 0.6) is 0 Å². The number of hydrogen-bond donors (Lipinski definition) is 0. The summed E-state index contributed by atoms with van der Waals surface area (Å²) in [6, 6.07) is 1.60. The number of fused-ring (bicyclic) bond motifs is 1. The van der Waals surface area contributed by atoms with Crippen molar-refractivity contribution in [3.8, 4) is 0 Å². The van der Waals surface area contributed by atoms with Gasteiger partial charge in [0.05, 0.1) is 0 Å². The molecule has 3 nitrogen and oxygen atoms in total. The Morgan fingerprint density at radius 1 is 0.947 bits per heavy atom. The Hall–Kier alpha value is -0.120. The van der Waals surface area contributed by atoms with Gasteiger partial charge in [-0.3, -0.25) is 9.80 Å². The number of ether oxygens (including phenoxy) is 1. The molecule has 0 radical (unpaired) electrons. The quantitative estimate of drug-likeness (QED) is 0.763. The molecule has 0 amide bonds. The van der Waals surface area contributed by atoms with Crippen molar-refractivity contribution in [2.24, 2.45) is 5.92 Å². The molecular weight excluding hydrogens is 236 g/mol. The van der Waals surface area contributed by atoms with Gasteiger partial charge < -0.3 is 4.74 Å². The van der Waals surface area contributed by atoms with Gasteiger partial charge in [-0.2, -0.15) is 0 Å². The molecule has 0 spiro atoms. The lowest BCUT2D eigenvalue weighted by molar-refractivity contribution is 0.0258. The highest BCUT2D eigenvalue weighted by Crippen LogP contribution is 2.27. The Balaban J connectivity index is 1.59. The molecule has 2 atom stereocenters. The maximum Gasteiger partial charge on any atom is 0.0469 e. The molecule has 0 N–H and O–H groups in total. The second kappa shape index (κ2) is 6.55. The third kappa shape index (κ3) is 3.32. The minimum Gasteiger partial charge on any atom is -0.381 e. The highest BCUT2D eigenvalue weighted by atomic mass is 16.5. The normalized spacial score (nSPS) is 33.6. The van der Waals surface area contributed by atoms with Crippen molar-refractivity contribution < 1.29 is 4.74 Å². The van der Waals surface area contributed by atoms with Crippen molar-refractivity contribution in [2.75, 3.05) is 39.4 Å². The lowest BCUT2D eigenvalue weighted by Crippen LogP contribution is -2.48. The molecule has 0 bridgehead atoms. The van der Waals surface area contributed by atoms with Crippen molar-refractivity contribution >= 4 is 0 Å². The van der Waals surface area contributed by atoms with Crippen LogP contribution >= 0.6 is 0 Å². The first-order valence-electron chi connectivity index (χ1n) is 8.40. The van der Waals surface area contributed by atoms with Gasteiger partial charge in [0.25, 0.3) is 0 Å². The highest BCUT2D eigenvalue weighted by Gasteiger charge is 2.31. The Labute approximate surface area is 118 Å². The van der Waals surface area contributed by atoms with Crippen LogP contribution in [0.15, 0.2) is 0 Å². The Morgan fingerprint density at radius 3 is 2.58 bits per heavy atom. The van der Waals surface area contributed by atoms with Crippen molar-refractivity contribution in [3.05, 3.63) is 0 Å². The highest BCUT2D eigenvalue weighted by molar-refractivity contribution is 4.87. The average Bonchev–Trinajstić information content (AvgIpc) is 2.69. The molecule has 3 heteroatoms. The summed E-state index contributed by atoms with van der Waals surface area (Å²) in [5.41, 5.74) is 0. The van der Waals surface area contributed by atoms with Crippen LogP contribution in [0.2, 0.25) is 0 Å². The van der Waals surface area contributed by atoms with Crippen LogP contribution in [-0.2, 0) is 4.74 Å². The molecule has 3 rings (SSSR count). The maximum atomic E-state index is 5.52. The molecule has 0 aliphatic carbocycles. The number of piperidine rings is 1. The van der Waals surface area contributed by atoms with Crippen molar-refractivity contribution in [1.82, 2.24) is 9.80 Å². The Kier molecular flexibility index (Phi) is 4.78. The zero-order valence-corrected chi connectivity index (χ0v) is 12.5. The van der Waals surface area contributed by atoms with E-state index in [1.54, 1.807) is 0 Å². The van der Waals surface area contributed by atoms with E-state index in [4.69, 9.17) is 4.74 Å². The van der Waals surface area contributed by atoms with Crippen LogP contribution in [0.25, 0.3) is 0 Å². The maximum absolute atomic E-state index is 5.52. The second-order valence-corrected chi connectivity index (χ2v) is 6.72. The molecule has 3 saturated heterocycles. The predicted octanol–water partition coefficient (Wildman–Crippen LogP) is 2.36. The van der Waals surface area contributed by atoms with Crippen molar-refractivity contribution in [2.45, 2.75) is 57.5 Å². The van der Waals surface area contributed by atoms with Gasteiger partial charge in [-0.05, 0) is 64.6 Å². The van der Waals surface area contributed by atoms with Crippen LogP contribution in [0.4, 0.5) is 0 Å². The van der Waals surface area contributed by atoms with E-state index in [0.29, 0.717) is 0 Å². The molecule has 0 aromatic rings. The second-order valence-electron chi connectivity index (χ2n) is 6.72. The van der Waals surface area contributed by atoms with Gasteiger partial charge >= 0.3 is 0 Å². The van der Waals surface area contributed by atoms with Crippen LogP contribution in [0.3, 0.4) is 0 Å². The van der Waals surface area contributed by atoms with Crippen molar-refractivity contribution in [3.63, 3.8) is 0 Å². The topological polar surface area (TPSA) is 15.7 Å². The zero-order valence-electron chi connectivity index (χ0n) is 12.5. The smallest absolute Gasteiger partial charge is 0.0469 e. The van der Waals surface area contributed by atoms with Gasteiger partial charge in [0.1, 0.15) is 0 Å². The molecule has 3 aliphatic rings. The van der Waals surface area contributed by atoms with Gasteiger partial charge in [0.2, 0.25) is 0 Å². The lowest BCUT2D eigenvalue weighted by atomic mass is 9.91. The van der Waals surface area contributed by atoms with E-state index >= 15 is 0 Å². The first-order valence-corrected chi connectivity index (χ1v) is 8.40. The summed E-state index contributed by atoms with van der Waals surface area (Å²) in [6.07, 6.45) is 8.20. The van der Waals surface area contributed by atoms with Gasteiger partial charge in [-0.15, -0.1) is 0 Å². The average molecular weight is 266 g/mol. The minimum atomic E-state index is 0.755. The minimum absolute atomic E-state index is 0.755. The number of nitrogens with zero attached hydrogens (tertiary/aromatic N) is 2. The first kappa shape index (κ1) is 13.8. The summed E-state index contributed by atoms with van der Waals surface area (Å²) in [5, 5.41) is 0. The third-order valence-corrected chi connectivity index (χ3v) is 5.61. The van der Waals surface area contributed by atoms with E-state index in [1.807, 2.05) is 0 Å². The lowest BCUT2D eigenvalue weighted by Gasteiger charge is -2.39. The molecule has 3 aliphatic heterocycles. The van der Waals surface area contributed by atoms with Crippen LogP contribution in [-0.4, -0.2) is 61.3 Å². The monoisotopic (exact) mass is 266 g/mol. The predicted molar refractivity (Wildman–Crippen MR) is 78.4 cm³/mol. The fourth-order valence-corrected chi connectivity index (χ4v) is 4.27. The molecule has 0 aromatic carbocycles. The fourth-order valence-electron chi connectivity index (χ4n) is 4.27. The summed E-state index contributed by atoms with van der Waals surface area (Å²) >= 11 is 0. The van der Waals surface area contributed by atoms with E-state index in [2.05, 4.69) is 16.7 Å². The third-order valence-electron chi connectivity index (χ3n) is 5.61. The largest absolute Gasteiger partial charge is 0.381 e. The summed E-state index contributed by atoms with van der Waals surface area (Å²) in [5.74, 6) is 0.865. The Morgan fingerprint density at radius 2 is 1.74 bits per heavy atom. The summed E-state index contributed by atoms with van der Waals surface area (Å²) in [6.45, 7) is 9.75. The molecule has 2 unspecified atom stereocenters. The van der Waals surface area contributed by atoms with Crippen molar-refractivity contribution in [1.29, 1.82) is 0 Å². The standard InChI is InChI=1S/C16H30N2O/c1-14(15-6-11-19-12-7-15)18-10-4-9-17-8-3-2-5-16(17)13-18/h14-16H,2-13H2,1H3. The van der Waals surface area contributed by atoms with Crippen LogP contribution in [0.1, 0.15) is 45.4 Å². The van der Waals surface area contributed by atoms with Crippen LogP contribution < -0.4 is 0 Å². The SMILES string of the molecule is CC(C1CCOCC1)N1CCCN2CCCCC2C1. The van der Waals surface area contributed by atoms with Gasteiger partial charge in [-0.1, -0.05) is 6.42 Å². The summed E-state index contributed by atoms with van der Waals surface area (Å²) in [4.78, 5) is 5.56. The molecule has 19 heavy (non-hydrogen) atoms. The molecule has 3 fully saturated rings. The number of rotatable bonds is 2. The van der Waals surface area contributed by atoms with Gasteiger partial charge in [0.15, 0.2) is 0 Å².